The van der Waals surface area contributed by atoms with Crippen molar-refractivity contribution >= 4 is 17.8 Å². The van der Waals surface area contributed by atoms with Gasteiger partial charge in [0, 0.05) is 0 Å². The van der Waals surface area contributed by atoms with Gasteiger partial charge in [-0.3, -0.25) is 14.5 Å². The monoisotopic (exact) mass is 441 g/mol. The summed E-state index contributed by atoms with van der Waals surface area (Å²) < 4.78 is 27.5. The number of benzene rings is 2. The molecule has 1 heterocycles. The van der Waals surface area contributed by atoms with Crippen LogP contribution in [0.1, 0.15) is 49.3 Å². The first-order valence-electron chi connectivity index (χ1n) is 10.8. The molecule has 2 N–H and O–H groups in total. The maximum absolute atomic E-state index is 13.8. The average Bonchev–Trinajstić information content (AvgIpc) is 2.97. The number of rotatable bonds is 6. The standard InChI is InChI=1S/C24H25F2N3O3/c25-18-8-4-6-16(12-18)13-20(17-7-5-9-19(26)14-17)27-21(30)15-29-22(31)24(28-23(29)32)10-2-1-3-11-24/h4-9,12,14,20H,1-3,10-11,13,15H2,(H,27,30)(H,28,32). The molecule has 0 radical (unpaired) electrons. The molecule has 32 heavy (non-hydrogen) atoms. The van der Waals surface area contributed by atoms with Crippen LogP contribution in [0.2, 0.25) is 0 Å². The largest absolute Gasteiger partial charge is 0.347 e. The van der Waals surface area contributed by atoms with Crippen molar-refractivity contribution in [3.8, 4) is 0 Å². The van der Waals surface area contributed by atoms with Gasteiger partial charge in [0.15, 0.2) is 0 Å². The first-order chi connectivity index (χ1) is 15.4. The number of urea groups is 1. The number of amides is 4. The molecule has 1 spiro atoms. The predicted octanol–water partition coefficient (Wildman–Crippen LogP) is 3.62. The van der Waals surface area contributed by atoms with Gasteiger partial charge < -0.3 is 10.6 Å². The summed E-state index contributed by atoms with van der Waals surface area (Å²) in [5.41, 5.74) is 0.221. The van der Waals surface area contributed by atoms with Gasteiger partial charge in [0.05, 0.1) is 6.04 Å². The van der Waals surface area contributed by atoms with E-state index < -0.39 is 41.7 Å². The van der Waals surface area contributed by atoms with Gasteiger partial charge in [-0.25, -0.2) is 13.6 Å². The van der Waals surface area contributed by atoms with Crippen LogP contribution in [0.25, 0.3) is 0 Å². The Kier molecular flexibility index (Phi) is 6.21. The molecule has 1 unspecified atom stereocenters. The van der Waals surface area contributed by atoms with Crippen molar-refractivity contribution in [2.75, 3.05) is 6.54 Å². The van der Waals surface area contributed by atoms with Gasteiger partial charge >= 0.3 is 6.03 Å². The molecule has 4 rings (SSSR count). The SMILES string of the molecule is O=C(CN1C(=O)NC2(CCCCC2)C1=O)NC(Cc1cccc(F)c1)c1cccc(F)c1. The Labute approximate surface area is 185 Å². The minimum Gasteiger partial charge on any atom is -0.347 e. The first-order valence-corrected chi connectivity index (χ1v) is 10.8. The van der Waals surface area contributed by atoms with Crippen molar-refractivity contribution in [2.45, 2.75) is 50.1 Å². The molecule has 1 saturated heterocycles. The Hall–Kier alpha value is -3.29. The van der Waals surface area contributed by atoms with E-state index in [0.29, 0.717) is 24.0 Å². The number of carbonyl (C=O) groups excluding carboxylic acids is 3. The van der Waals surface area contributed by atoms with Gasteiger partial charge in [0.25, 0.3) is 5.91 Å². The third-order valence-electron chi connectivity index (χ3n) is 6.17. The van der Waals surface area contributed by atoms with Crippen LogP contribution in [0.15, 0.2) is 48.5 Å². The van der Waals surface area contributed by atoms with Crippen LogP contribution < -0.4 is 10.6 Å². The molecule has 6 nitrogen and oxygen atoms in total. The second-order valence-electron chi connectivity index (χ2n) is 8.47. The number of halogens is 2. The Bertz CT molecular complexity index is 1040. The molecule has 0 aromatic heterocycles. The van der Waals surface area contributed by atoms with Crippen molar-refractivity contribution < 1.29 is 23.2 Å². The van der Waals surface area contributed by atoms with E-state index >= 15 is 0 Å². The molecular weight excluding hydrogens is 416 g/mol. The fraction of sp³-hybridized carbons (Fsp3) is 0.375. The summed E-state index contributed by atoms with van der Waals surface area (Å²) in [5, 5.41) is 5.57. The van der Waals surface area contributed by atoms with Crippen molar-refractivity contribution in [1.29, 1.82) is 0 Å². The number of nitrogens with zero attached hydrogens (tertiary/aromatic N) is 1. The van der Waals surface area contributed by atoms with Crippen LogP contribution >= 0.6 is 0 Å². The van der Waals surface area contributed by atoms with Crippen molar-refractivity contribution in [3.63, 3.8) is 0 Å². The van der Waals surface area contributed by atoms with E-state index in [0.717, 1.165) is 24.2 Å². The Morgan fingerprint density at radius 3 is 2.41 bits per heavy atom. The lowest BCUT2D eigenvalue weighted by Crippen LogP contribution is -2.49. The Morgan fingerprint density at radius 2 is 1.72 bits per heavy atom. The zero-order valence-corrected chi connectivity index (χ0v) is 17.6. The summed E-state index contributed by atoms with van der Waals surface area (Å²) in [6.45, 7) is -0.429. The molecule has 0 bridgehead atoms. The molecular formula is C24H25F2N3O3. The predicted molar refractivity (Wildman–Crippen MR) is 113 cm³/mol. The zero-order chi connectivity index (χ0) is 22.7. The topological polar surface area (TPSA) is 78.5 Å². The van der Waals surface area contributed by atoms with Gasteiger partial charge in [-0.1, -0.05) is 43.5 Å². The lowest BCUT2D eigenvalue weighted by Gasteiger charge is -2.30. The summed E-state index contributed by atoms with van der Waals surface area (Å²) >= 11 is 0. The number of carbonyl (C=O) groups is 3. The highest BCUT2D eigenvalue weighted by atomic mass is 19.1. The maximum atomic E-state index is 13.8. The van der Waals surface area contributed by atoms with Crippen molar-refractivity contribution in [2.24, 2.45) is 0 Å². The van der Waals surface area contributed by atoms with E-state index in [-0.39, 0.29) is 12.3 Å². The molecule has 168 valence electrons. The lowest BCUT2D eigenvalue weighted by molar-refractivity contribution is -0.136. The smallest absolute Gasteiger partial charge is 0.325 e. The maximum Gasteiger partial charge on any atom is 0.325 e. The molecule has 2 aliphatic rings. The van der Waals surface area contributed by atoms with E-state index in [9.17, 15) is 23.2 Å². The third kappa shape index (κ3) is 4.64. The summed E-state index contributed by atoms with van der Waals surface area (Å²) in [4.78, 5) is 39.2. The minimum absolute atomic E-state index is 0.219. The van der Waals surface area contributed by atoms with E-state index in [1.807, 2.05) is 0 Å². The fourth-order valence-corrected chi connectivity index (χ4v) is 4.57. The molecule has 2 fully saturated rings. The third-order valence-corrected chi connectivity index (χ3v) is 6.17. The minimum atomic E-state index is -0.904. The highest BCUT2D eigenvalue weighted by molar-refractivity contribution is 6.09. The van der Waals surface area contributed by atoms with Crippen LogP contribution in [0.4, 0.5) is 13.6 Å². The quantitative estimate of drug-likeness (QED) is 0.672. The summed E-state index contributed by atoms with van der Waals surface area (Å²) in [6.07, 6.45) is 4.07. The van der Waals surface area contributed by atoms with Gasteiger partial charge in [-0.15, -0.1) is 0 Å². The second kappa shape index (κ2) is 9.06. The summed E-state index contributed by atoms with van der Waals surface area (Å²) in [6, 6.07) is 10.5. The molecule has 1 saturated carbocycles. The van der Waals surface area contributed by atoms with Crippen LogP contribution in [-0.2, 0) is 16.0 Å². The average molecular weight is 441 g/mol. The zero-order valence-electron chi connectivity index (χ0n) is 17.6. The summed E-state index contributed by atoms with van der Waals surface area (Å²) in [7, 11) is 0. The van der Waals surface area contributed by atoms with Gasteiger partial charge in [-0.2, -0.15) is 0 Å². The van der Waals surface area contributed by atoms with Crippen molar-refractivity contribution in [3.05, 3.63) is 71.3 Å². The highest BCUT2D eigenvalue weighted by Gasteiger charge is 2.51. The van der Waals surface area contributed by atoms with Crippen LogP contribution in [0.5, 0.6) is 0 Å². The fourth-order valence-electron chi connectivity index (χ4n) is 4.57. The normalized spacial score (nSPS) is 18.5. The van der Waals surface area contributed by atoms with Crippen LogP contribution in [0.3, 0.4) is 0 Å². The van der Waals surface area contributed by atoms with E-state index in [2.05, 4.69) is 10.6 Å². The molecule has 4 amide bonds. The molecule has 1 aliphatic carbocycles. The first kappa shape index (κ1) is 21.9. The van der Waals surface area contributed by atoms with Gasteiger partial charge in [0.2, 0.25) is 5.91 Å². The number of hydrogen-bond acceptors (Lipinski definition) is 3. The molecule has 2 aromatic carbocycles. The van der Waals surface area contributed by atoms with E-state index in [1.165, 1.54) is 30.3 Å². The van der Waals surface area contributed by atoms with Crippen LogP contribution in [-0.4, -0.2) is 34.8 Å². The van der Waals surface area contributed by atoms with E-state index in [1.54, 1.807) is 18.2 Å². The molecule has 2 aromatic rings. The Balaban J connectivity index is 1.50. The summed E-state index contributed by atoms with van der Waals surface area (Å²) in [5.74, 6) is -1.80. The molecule has 8 heteroatoms. The van der Waals surface area contributed by atoms with Crippen molar-refractivity contribution in [1.82, 2.24) is 15.5 Å². The Morgan fingerprint density at radius 1 is 1.03 bits per heavy atom. The molecule has 1 aliphatic heterocycles. The number of nitrogens with one attached hydrogen (secondary N) is 2. The van der Waals surface area contributed by atoms with Gasteiger partial charge in [0.1, 0.15) is 23.7 Å². The number of imide groups is 1. The number of hydrogen-bond donors (Lipinski definition) is 2. The molecule has 1 atom stereocenters. The lowest BCUT2D eigenvalue weighted by atomic mass is 9.82. The van der Waals surface area contributed by atoms with Gasteiger partial charge in [-0.05, 0) is 54.7 Å². The van der Waals surface area contributed by atoms with Crippen LogP contribution in [0, 0.1) is 11.6 Å². The second-order valence-corrected chi connectivity index (χ2v) is 8.47. The highest BCUT2D eigenvalue weighted by Crippen LogP contribution is 2.33. The van der Waals surface area contributed by atoms with E-state index in [4.69, 9.17) is 0 Å².